The molecule has 8 heteroatoms. The highest BCUT2D eigenvalue weighted by atomic mass is 32.2. The summed E-state index contributed by atoms with van der Waals surface area (Å²) in [6.45, 7) is 4.38. The van der Waals surface area contributed by atoms with Crippen LogP contribution < -0.4 is 14.8 Å². The fourth-order valence-electron chi connectivity index (χ4n) is 2.82. The number of hydrogen-bond acceptors (Lipinski definition) is 5. The number of sulfonamides is 1. The predicted octanol–water partition coefficient (Wildman–Crippen LogP) is 3.39. The van der Waals surface area contributed by atoms with Crippen LogP contribution in [-0.4, -0.2) is 45.9 Å². The van der Waals surface area contributed by atoms with Crippen LogP contribution in [0.15, 0.2) is 53.4 Å². The first kappa shape index (κ1) is 22.4. The topological polar surface area (TPSA) is 84.9 Å². The van der Waals surface area contributed by atoms with E-state index < -0.39 is 10.0 Å². The minimum Gasteiger partial charge on any atom is -0.493 e. The fraction of sp³-hybridized carbons (Fsp3) is 0.286. The maximum atomic E-state index is 12.5. The van der Waals surface area contributed by atoms with Gasteiger partial charge in [0, 0.05) is 30.4 Å². The van der Waals surface area contributed by atoms with Crippen molar-refractivity contribution in [1.82, 2.24) is 4.31 Å². The van der Waals surface area contributed by atoms with E-state index in [1.54, 1.807) is 57.4 Å². The number of methoxy groups -OCH3 is 2. The van der Waals surface area contributed by atoms with Gasteiger partial charge in [-0.3, -0.25) is 4.79 Å². The number of nitrogens with zero attached hydrogens (tertiary/aromatic N) is 1. The molecular weight excluding hydrogens is 392 g/mol. The van der Waals surface area contributed by atoms with Crippen LogP contribution in [-0.2, 0) is 14.8 Å². The van der Waals surface area contributed by atoms with Crippen LogP contribution in [0.25, 0.3) is 6.08 Å². The summed E-state index contributed by atoms with van der Waals surface area (Å²) in [6.07, 6.45) is 2.99. The lowest BCUT2D eigenvalue weighted by molar-refractivity contribution is -0.111. The van der Waals surface area contributed by atoms with Gasteiger partial charge in [-0.2, -0.15) is 4.31 Å². The van der Waals surface area contributed by atoms with Crippen LogP contribution >= 0.6 is 0 Å². The van der Waals surface area contributed by atoms with Gasteiger partial charge in [-0.1, -0.05) is 26.0 Å². The standard InChI is InChI=1S/C21H26N2O5S/c1-5-23(6-2)29(25,26)18-13-11-17(12-14-18)22-20(24)15-10-16-8-7-9-19(27-3)21(16)28-4/h7-15H,5-6H2,1-4H3,(H,22,24)/b15-10+. The van der Waals surface area contributed by atoms with E-state index in [9.17, 15) is 13.2 Å². The van der Waals surface area contributed by atoms with Gasteiger partial charge in [0.15, 0.2) is 11.5 Å². The first-order valence-electron chi connectivity index (χ1n) is 9.17. The van der Waals surface area contributed by atoms with E-state index in [0.29, 0.717) is 35.8 Å². The lowest BCUT2D eigenvalue weighted by Crippen LogP contribution is -2.30. The monoisotopic (exact) mass is 418 g/mol. The largest absolute Gasteiger partial charge is 0.493 e. The van der Waals surface area contributed by atoms with Crippen LogP contribution in [0.1, 0.15) is 19.4 Å². The van der Waals surface area contributed by atoms with E-state index in [4.69, 9.17) is 9.47 Å². The minimum absolute atomic E-state index is 0.191. The number of rotatable bonds is 9. The van der Waals surface area contributed by atoms with Gasteiger partial charge in [-0.05, 0) is 36.4 Å². The molecule has 0 heterocycles. The van der Waals surface area contributed by atoms with E-state index in [0.717, 1.165) is 0 Å². The Bertz CT molecular complexity index is 965. The van der Waals surface area contributed by atoms with Crippen molar-refractivity contribution in [3.8, 4) is 11.5 Å². The zero-order chi connectivity index (χ0) is 21.4. The van der Waals surface area contributed by atoms with Crippen molar-refractivity contribution in [3.63, 3.8) is 0 Å². The van der Waals surface area contributed by atoms with Crippen molar-refractivity contribution in [2.24, 2.45) is 0 Å². The van der Waals surface area contributed by atoms with Crippen LogP contribution in [0, 0.1) is 0 Å². The summed E-state index contributed by atoms with van der Waals surface area (Å²) in [6, 6.07) is 11.5. The average molecular weight is 419 g/mol. The molecule has 29 heavy (non-hydrogen) atoms. The second-order valence-corrected chi connectivity index (χ2v) is 7.96. The number of anilines is 1. The van der Waals surface area contributed by atoms with Gasteiger partial charge in [0.1, 0.15) is 0 Å². The summed E-state index contributed by atoms with van der Waals surface area (Å²) in [5.41, 5.74) is 1.19. The second-order valence-electron chi connectivity index (χ2n) is 6.02. The van der Waals surface area contributed by atoms with Crippen LogP contribution in [0.5, 0.6) is 11.5 Å². The Balaban J connectivity index is 2.12. The van der Waals surface area contributed by atoms with E-state index in [1.165, 1.54) is 29.6 Å². The van der Waals surface area contributed by atoms with Gasteiger partial charge < -0.3 is 14.8 Å². The number of carbonyl (C=O) groups excluding carboxylic acids is 1. The number of ether oxygens (including phenoxy) is 2. The summed E-state index contributed by atoms with van der Waals surface area (Å²) in [7, 11) is -0.451. The van der Waals surface area contributed by atoms with Crippen LogP contribution in [0.3, 0.4) is 0 Å². The first-order valence-corrected chi connectivity index (χ1v) is 10.6. The maximum absolute atomic E-state index is 12.5. The van der Waals surface area contributed by atoms with Gasteiger partial charge in [-0.15, -0.1) is 0 Å². The molecule has 7 nitrogen and oxygen atoms in total. The minimum atomic E-state index is -3.53. The Morgan fingerprint density at radius 3 is 2.24 bits per heavy atom. The first-order chi connectivity index (χ1) is 13.9. The molecule has 0 saturated carbocycles. The number of benzene rings is 2. The summed E-state index contributed by atoms with van der Waals surface area (Å²) in [4.78, 5) is 12.4. The van der Waals surface area contributed by atoms with Crippen molar-refractivity contribution in [3.05, 3.63) is 54.1 Å². The molecule has 0 aliphatic carbocycles. The molecule has 0 unspecified atom stereocenters. The van der Waals surface area contributed by atoms with E-state index in [2.05, 4.69) is 5.32 Å². The van der Waals surface area contributed by atoms with Crippen molar-refractivity contribution in [2.75, 3.05) is 32.6 Å². The third-order valence-electron chi connectivity index (χ3n) is 4.31. The van der Waals surface area contributed by atoms with Crippen LogP contribution in [0.2, 0.25) is 0 Å². The summed E-state index contributed by atoms with van der Waals surface area (Å²) >= 11 is 0. The lowest BCUT2D eigenvalue weighted by atomic mass is 10.1. The molecule has 0 spiro atoms. The van der Waals surface area contributed by atoms with Crippen molar-refractivity contribution in [1.29, 1.82) is 0 Å². The Labute approximate surface area is 172 Å². The molecule has 0 atom stereocenters. The molecular formula is C21H26N2O5S. The molecule has 0 aliphatic rings. The molecule has 2 aromatic carbocycles. The molecule has 0 saturated heterocycles. The Hall–Kier alpha value is -2.84. The highest BCUT2D eigenvalue weighted by molar-refractivity contribution is 7.89. The van der Waals surface area contributed by atoms with Crippen molar-refractivity contribution in [2.45, 2.75) is 18.7 Å². The predicted molar refractivity (Wildman–Crippen MR) is 114 cm³/mol. The quantitative estimate of drug-likeness (QED) is 0.631. The van der Waals surface area contributed by atoms with Crippen LogP contribution in [0.4, 0.5) is 5.69 Å². The maximum Gasteiger partial charge on any atom is 0.248 e. The van der Waals surface area contributed by atoms with E-state index in [-0.39, 0.29) is 10.8 Å². The SMILES string of the molecule is CCN(CC)S(=O)(=O)c1ccc(NC(=O)/C=C/c2cccc(OC)c2OC)cc1. The highest BCUT2D eigenvalue weighted by Crippen LogP contribution is 2.31. The highest BCUT2D eigenvalue weighted by Gasteiger charge is 2.21. The van der Waals surface area contributed by atoms with Gasteiger partial charge >= 0.3 is 0 Å². The zero-order valence-corrected chi connectivity index (χ0v) is 17.8. The molecule has 2 rings (SSSR count). The third kappa shape index (κ3) is 5.36. The van der Waals surface area contributed by atoms with Gasteiger partial charge in [-0.25, -0.2) is 8.42 Å². The lowest BCUT2D eigenvalue weighted by Gasteiger charge is -2.18. The molecule has 0 radical (unpaired) electrons. The molecule has 156 valence electrons. The second kappa shape index (κ2) is 10.1. The fourth-order valence-corrected chi connectivity index (χ4v) is 4.27. The molecule has 0 aliphatic heterocycles. The Kier molecular flexibility index (Phi) is 7.81. The number of amides is 1. The molecule has 0 bridgehead atoms. The number of para-hydroxylation sites is 1. The van der Waals surface area contributed by atoms with Crippen molar-refractivity contribution < 1.29 is 22.7 Å². The van der Waals surface area contributed by atoms with Gasteiger partial charge in [0.2, 0.25) is 15.9 Å². The number of carbonyl (C=O) groups is 1. The molecule has 1 amide bonds. The van der Waals surface area contributed by atoms with Crippen molar-refractivity contribution >= 4 is 27.7 Å². The van der Waals surface area contributed by atoms with E-state index in [1.807, 2.05) is 0 Å². The van der Waals surface area contributed by atoms with E-state index >= 15 is 0 Å². The average Bonchev–Trinajstić information content (AvgIpc) is 2.72. The van der Waals surface area contributed by atoms with Gasteiger partial charge in [0.25, 0.3) is 0 Å². The molecule has 0 fully saturated rings. The summed E-state index contributed by atoms with van der Waals surface area (Å²) < 4.78 is 37.0. The third-order valence-corrected chi connectivity index (χ3v) is 6.38. The summed E-state index contributed by atoms with van der Waals surface area (Å²) in [5, 5.41) is 2.71. The normalized spacial score (nSPS) is 11.6. The smallest absolute Gasteiger partial charge is 0.248 e. The Morgan fingerprint density at radius 2 is 1.69 bits per heavy atom. The number of nitrogens with one attached hydrogen (secondary N) is 1. The Morgan fingerprint density at radius 1 is 1.03 bits per heavy atom. The van der Waals surface area contributed by atoms with Gasteiger partial charge in [0.05, 0.1) is 19.1 Å². The molecule has 0 aromatic heterocycles. The number of hydrogen-bond donors (Lipinski definition) is 1. The zero-order valence-electron chi connectivity index (χ0n) is 17.0. The summed E-state index contributed by atoms with van der Waals surface area (Å²) in [5.74, 6) is 0.749. The molecule has 1 N–H and O–H groups in total. The molecule has 2 aromatic rings.